The van der Waals surface area contributed by atoms with Crippen LogP contribution in [0.4, 0.5) is 5.69 Å². The van der Waals surface area contributed by atoms with Gasteiger partial charge in [0.25, 0.3) is 5.91 Å². The second kappa shape index (κ2) is 5.55. The minimum Gasteiger partial charge on any atom is -0.398 e. The van der Waals surface area contributed by atoms with Crippen molar-refractivity contribution in [3.05, 3.63) is 28.8 Å². The van der Waals surface area contributed by atoms with Crippen molar-refractivity contribution in [3.63, 3.8) is 0 Å². The minimum absolute atomic E-state index is 0.172. The van der Waals surface area contributed by atoms with Crippen LogP contribution in [0.15, 0.2) is 18.2 Å². The Balaban J connectivity index is 2.82. The number of nitrogen functional groups attached to an aromatic ring is 1. The lowest BCUT2D eigenvalue weighted by Gasteiger charge is -2.18. The van der Waals surface area contributed by atoms with Crippen LogP contribution >= 0.6 is 11.6 Å². The Bertz CT molecular complexity index is 467. The lowest BCUT2D eigenvalue weighted by atomic mass is 10.1. The van der Waals surface area contributed by atoms with Crippen LogP contribution in [0.2, 0.25) is 5.02 Å². The molecule has 0 aromatic heterocycles. The highest BCUT2D eigenvalue weighted by Crippen LogP contribution is 2.20. The van der Waals surface area contributed by atoms with Gasteiger partial charge in [0, 0.05) is 19.2 Å². The van der Waals surface area contributed by atoms with E-state index in [9.17, 15) is 4.79 Å². The monoisotopic (exact) mass is 251 g/mol. The van der Waals surface area contributed by atoms with Crippen molar-refractivity contribution >= 4 is 23.2 Å². The van der Waals surface area contributed by atoms with Crippen molar-refractivity contribution in [1.29, 1.82) is 5.26 Å². The summed E-state index contributed by atoms with van der Waals surface area (Å²) >= 11 is 5.85. The van der Waals surface area contributed by atoms with Crippen LogP contribution in [-0.2, 0) is 0 Å². The van der Waals surface area contributed by atoms with E-state index in [-0.39, 0.29) is 11.8 Å². The number of anilines is 1. The summed E-state index contributed by atoms with van der Waals surface area (Å²) in [5, 5.41) is 9.05. The zero-order valence-electron chi connectivity index (χ0n) is 9.77. The third-order valence-electron chi connectivity index (χ3n) is 2.36. The molecule has 1 atom stereocenters. The van der Waals surface area contributed by atoms with Crippen LogP contribution in [-0.4, -0.2) is 24.4 Å². The summed E-state index contributed by atoms with van der Waals surface area (Å²) in [7, 11) is 1.65. The molecule has 90 valence electrons. The molecule has 0 fully saturated rings. The average Bonchev–Trinajstić information content (AvgIpc) is 2.31. The molecule has 0 saturated heterocycles. The summed E-state index contributed by atoms with van der Waals surface area (Å²) in [6, 6.07) is 6.83. The van der Waals surface area contributed by atoms with Crippen LogP contribution in [0.25, 0.3) is 0 Å². The molecule has 0 aliphatic carbocycles. The molecule has 17 heavy (non-hydrogen) atoms. The van der Waals surface area contributed by atoms with E-state index in [1.807, 2.05) is 0 Å². The van der Waals surface area contributed by atoms with E-state index in [0.717, 1.165) is 0 Å². The number of halogens is 1. The molecule has 0 saturated carbocycles. The van der Waals surface area contributed by atoms with Gasteiger partial charge in [0.05, 0.1) is 22.7 Å². The average molecular weight is 252 g/mol. The van der Waals surface area contributed by atoms with E-state index >= 15 is 0 Å². The maximum Gasteiger partial charge on any atom is 0.253 e. The van der Waals surface area contributed by atoms with Crippen molar-refractivity contribution in [1.82, 2.24) is 4.90 Å². The van der Waals surface area contributed by atoms with Gasteiger partial charge in [0.1, 0.15) is 0 Å². The van der Waals surface area contributed by atoms with Crippen molar-refractivity contribution in [2.45, 2.75) is 6.92 Å². The molecular formula is C12H14ClN3O. The number of rotatable bonds is 3. The number of nitrogens with zero attached hydrogens (tertiary/aromatic N) is 2. The fraction of sp³-hybridized carbons (Fsp3) is 0.333. The van der Waals surface area contributed by atoms with Crippen molar-refractivity contribution in [2.75, 3.05) is 19.3 Å². The summed E-state index contributed by atoms with van der Waals surface area (Å²) in [4.78, 5) is 13.5. The van der Waals surface area contributed by atoms with Gasteiger partial charge in [-0.3, -0.25) is 4.79 Å². The first-order valence-corrected chi connectivity index (χ1v) is 5.53. The van der Waals surface area contributed by atoms with E-state index < -0.39 is 0 Å². The third-order valence-corrected chi connectivity index (χ3v) is 2.69. The molecule has 0 aliphatic rings. The SMILES string of the molecule is CC(C#N)CN(C)C(=O)c1ccc(N)c(Cl)c1. The first-order chi connectivity index (χ1) is 7.95. The van der Waals surface area contributed by atoms with Crippen LogP contribution in [0.5, 0.6) is 0 Å². The molecule has 1 aromatic carbocycles. The van der Waals surface area contributed by atoms with Crippen LogP contribution in [0.1, 0.15) is 17.3 Å². The maximum absolute atomic E-state index is 12.0. The van der Waals surface area contributed by atoms with E-state index in [4.69, 9.17) is 22.6 Å². The first kappa shape index (κ1) is 13.3. The molecule has 2 N–H and O–H groups in total. The summed E-state index contributed by atoms with van der Waals surface area (Å²) in [5.41, 5.74) is 6.48. The topological polar surface area (TPSA) is 70.1 Å². The zero-order valence-corrected chi connectivity index (χ0v) is 10.5. The molecule has 0 spiro atoms. The summed E-state index contributed by atoms with van der Waals surface area (Å²) in [6.45, 7) is 2.15. The molecule has 0 radical (unpaired) electrons. The zero-order chi connectivity index (χ0) is 13.0. The van der Waals surface area contributed by atoms with E-state index in [1.165, 1.54) is 11.0 Å². The smallest absolute Gasteiger partial charge is 0.253 e. The summed E-state index contributed by atoms with van der Waals surface area (Å²) in [5.74, 6) is -0.373. The van der Waals surface area contributed by atoms with Crippen LogP contribution in [0, 0.1) is 17.2 Å². The summed E-state index contributed by atoms with van der Waals surface area (Å²) < 4.78 is 0. The minimum atomic E-state index is -0.201. The molecule has 0 aliphatic heterocycles. The number of carbonyl (C=O) groups is 1. The Morgan fingerprint density at radius 1 is 1.65 bits per heavy atom. The predicted octanol–water partition coefficient (Wildman–Crippen LogP) is 2.15. The van der Waals surface area contributed by atoms with Crippen LogP contribution in [0.3, 0.4) is 0 Å². The number of nitrogens with two attached hydrogens (primary N) is 1. The quantitative estimate of drug-likeness (QED) is 0.837. The normalized spacial score (nSPS) is 11.6. The number of hydrogen-bond donors (Lipinski definition) is 1. The number of amides is 1. The molecule has 1 rings (SSSR count). The van der Waals surface area contributed by atoms with Gasteiger partial charge >= 0.3 is 0 Å². The van der Waals surface area contributed by atoms with Gasteiger partial charge in [-0.25, -0.2) is 0 Å². The van der Waals surface area contributed by atoms with Gasteiger partial charge in [0.2, 0.25) is 0 Å². The number of hydrogen-bond acceptors (Lipinski definition) is 3. The molecule has 0 heterocycles. The second-order valence-electron chi connectivity index (χ2n) is 3.95. The Morgan fingerprint density at radius 2 is 2.29 bits per heavy atom. The predicted molar refractivity (Wildman–Crippen MR) is 67.6 cm³/mol. The van der Waals surface area contributed by atoms with Gasteiger partial charge < -0.3 is 10.6 Å². The molecular weight excluding hydrogens is 238 g/mol. The molecule has 1 aromatic rings. The highest BCUT2D eigenvalue weighted by molar-refractivity contribution is 6.33. The van der Waals surface area contributed by atoms with Crippen molar-refractivity contribution in [3.8, 4) is 6.07 Å². The molecule has 1 unspecified atom stereocenters. The Morgan fingerprint density at radius 3 is 2.82 bits per heavy atom. The fourth-order valence-electron chi connectivity index (χ4n) is 1.42. The van der Waals surface area contributed by atoms with E-state index in [0.29, 0.717) is 22.8 Å². The van der Waals surface area contributed by atoms with Gasteiger partial charge in [-0.1, -0.05) is 11.6 Å². The standard InChI is InChI=1S/C12H14ClN3O/c1-8(6-14)7-16(2)12(17)9-3-4-11(15)10(13)5-9/h3-5,8H,7,15H2,1-2H3. The molecule has 4 nitrogen and oxygen atoms in total. The van der Waals surface area contributed by atoms with Crippen molar-refractivity contribution < 1.29 is 4.79 Å². The van der Waals surface area contributed by atoms with Gasteiger partial charge in [0.15, 0.2) is 0 Å². The lowest BCUT2D eigenvalue weighted by molar-refractivity contribution is 0.0785. The Hall–Kier alpha value is -1.73. The largest absolute Gasteiger partial charge is 0.398 e. The maximum atomic E-state index is 12.0. The fourth-order valence-corrected chi connectivity index (χ4v) is 1.60. The second-order valence-corrected chi connectivity index (χ2v) is 4.36. The first-order valence-electron chi connectivity index (χ1n) is 5.15. The van der Waals surface area contributed by atoms with Gasteiger partial charge in [-0.2, -0.15) is 5.26 Å². The highest BCUT2D eigenvalue weighted by atomic mass is 35.5. The van der Waals surface area contributed by atoms with E-state index in [2.05, 4.69) is 6.07 Å². The van der Waals surface area contributed by atoms with Gasteiger partial charge in [-0.15, -0.1) is 0 Å². The highest BCUT2D eigenvalue weighted by Gasteiger charge is 2.14. The van der Waals surface area contributed by atoms with Crippen LogP contribution < -0.4 is 5.73 Å². The van der Waals surface area contributed by atoms with E-state index in [1.54, 1.807) is 26.1 Å². The number of nitriles is 1. The van der Waals surface area contributed by atoms with Gasteiger partial charge in [-0.05, 0) is 25.1 Å². The number of carbonyl (C=O) groups excluding carboxylic acids is 1. The van der Waals surface area contributed by atoms with Crippen molar-refractivity contribution in [2.24, 2.45) is 5.92 Å². The Kier molecular flexibility index (Phi) is 4.36. The molecule has 0 bridgehead atoms. The number of benzene rings is 1. The third kappa shape index (κ3) is 3.36. The summed E-state index contributed by atoms with van der Waals surface area (Å²) in [6.07, 6.45) is 0. The lowest BCUT2D eigenvalue weighted by Crippen LogP contribution is -2.30. The molecule has 5 heteroatoms. The Labute approximate surface area is 106 Å². The molecule has 1 amide bonds.